The molecule has 8 N–H and O–H groups in total. The van der Waals surface area contributed by atoms with Crippen molar-refractivity contribution in [3.8, 4) is 5.75 Å². The number of thiazole rings is 1. The van der Waals surface area contributed by atoms with Crippen LogP contribution in [0.1, 0.15) is 50.4 Å². The Bertz CT molecular complexity index is 1800. The number of carboxylic acid groups (broad SMARTS) is 1. The zero-order chi connectivity index (χ0) is 38.3. The van der Waals surface area contributed by atoms with Gasteiger partial charge in [0.2, 0.25) is 0 Å². The van der Waals surface area contributed by atoms with E-state index in [-0.39, 0.29) is 17.2 Å². The molecule has 0 spiro atoms. The Morgan fingerprint density at radius 2 is 2.11 bits per heavy atom. The molecule has 3 unspecified atom stereocenters. The van der Waals surface area contributed by atoms with E-state index in [0.29, 0.717) is 31.2 Å². The Hall–Kier alpha value is -4.47. The number of rotatable bonds is 18. The highest BCUT2D eigenvalue weighted by Crippen LogP contribution is 2.36. The molecule has 20 heteroatoms. The van der Waals surface area contributed by atoms with Crippen LogP contribution in [0.4, 0.5) is 5.13 Å². The third-order valence-electron chi connectivity index (χ3n) is 9.15. The lowest BCUT2D eigenvalue weighted by molar-refractivity contribution is -0.216. The fourth-order valence-corrected chi connectivity index (χ4v) is 6.70. The summed E-state index contributed by atoms with van der Waals surface area (Å²) in [5, 5.41) is 25.9. The molecule has 2 aromatic rings. The number of aryl methyl sites for hydroxylation is 1. The first-order chi connectivity index (χ1) is 25.3. The molecule has 1 aromatic carbocycles. The Balaban J connectivity index is 1.34. The molecule has 5 rings (SSSR count). The molecule has 2 fully saturated rings. The number of nitrogens with two attached hydrogens (primary N) is 2. The van der Waals surface area contributed by atoms with Gasteiger partial charge in [-0.05, 0) is 69.8 Å². The SMILES string of the molecule is COS(=O)ON1C(=O)[C@@H](NC(=O)/C(=N\OC(C)(C(=O)O)C2CCc3cc(C(=C/NCCCN)/C=N/CC4CNC4)ccc3O2)c2csc(N)n2)C1(C)C. The third kappa shape index (κ3) is 9.02. The molecule has 2 amide bonds. The average molecular weight is 776 g/mol. The number of amides is 2. The van der Waals surface area contributed by atoms with Gasteiger partial charge in [0, 0.05) is 55.5 Å². The number of anilines is 1. The predicted molar refractivity (Wildman–Crippen MR) is 198 cm³/mol. The van der Waals surface area contributed by atoms with Gasteiger partial charge in [-0.1, -0.05) is 11.2 Å². The molecule has 4 atom stereocenters. The van der Waals surface area contributed by atoms with Crippen LogP contribution in [0.3, 0.4) is 0 Å². The molecule has 0 aliphatic carbocycles. The summed E-state index contributed by atoms with van der Waals surface area (Å²) in [6.07, 6.45) is 4.28. The maximum absolute atomic E-state index is 13.6. The average Bonchev–Trinajstić information content (AvgIpc) is 3.55. The number of fused-ring (bicyclic) bond motifs is 1. The van der Waals surface area contributed by atoms with Crippen molar-refractivity contribution in [3.63, 3.8) is 0 Å². The lowest BCUT2D eigenvalue weighted by Gasteiger charge is -2.50. The lowest BCUT2D eigenvalue weighted by Crippen LogP contribution is -2.76. The van der Waals surface area contributed by atoms with Crippen LogP contribution in [0.15, 0.2) is 39.9 Å². The number of aliphatic carboxylic acids is 1. The zero-order valence-electron chi connectivity index (χ0n) is 29.8. The predicted octanol–water partition coefficient (Wildman–Crippen LogP) is 0.515. The molecule has 1 aromatic heterocycles. The van der Waals surface area contributed by atoms with Gasteiger partial charge in [0.25, 0.3) is 17.4 Å². The molecule has 53 heavy (non-hydrogen) atoms. The van der Waals surface area contributed by atoms with E-state index in [1.165, 1.54) is 12.3 Å². The second kappa shape index (κ2) is 17.1. The number of hydroxylamine groups is 2. The molecule has 0 bridgehead atoms. The van der Waals surface area contributed by atoms with Crippen LogP contribution in [0.5, 0.6) is 5.75 Å². The summed E-state index contributed by atoms with van der Waals surface area (Å²) < 4.78 is 27.5. The minimum Gasteiger partial charge on any atom is -0.485 e. The number of nitrogen functional groups attached to an aromatic ring is 1. The van der Waals surface area contributed by atoms with Gasteiger partial charge in [-0.2, -0.15) is 9.27 Å². The third-order valence-corrected chi connectivity index (χ3v) is 10.4. The first-order valence-electron chi connectivity index (χ1n) is 16.9. The zero-order valence-corrected chi connectivity index (χ0v) is 31.5. The van der Waals surface area contributed by atoms with Crippen molar-refractivity contribution >= 4 is 63.1 Å². The maximum Gasteiger partial charge on any atom is 0.354 e. The molecule has 3 aliphatic rings. The number of carbonyl (C=O) groups is 3. The van der Waals surface area contributed by atoms with Crippen LogP contribution in [-0.2, 0) is 45.5 Å². The topological polar surface area (TPSA) is 254 Å². The Morgan fingerprint density at radius 3 is 2.74 bits per heavy atom. The van der Waals surface area contributed by atoms with Crippen LogP contribution in [-0.4, -0.2) is 112 Å². The van der Waals surface area contributed by atoms with Crippen molar-refractivity contribution in [3.05, 3.63) is 46.6 Å². The second-order valence-electron chi connectivity index (χ2n) is 13.3. The number of carbonyl (C=O) groups excluding carboxylic acids is 2. The van der Waals surface area contributed by atoms with Crippen LogP contribution in [0.25, 0.3) is 5.57 Å². The van der Waals surface area contributed by atoms with Gasteiger partial charge in [0.05, 0.1) is 12.6 Å². The molecular weight excluding hydrogens is 731 g/mol. The molecule has 18 nitrogen and oxygen atoms in total. The summed E-state index contributed by atoms with van der Waals surface area (Å²) in [6, 6.07) is 4.52. The van der Waals surface area contributed by atoms with Crippen LogP contribution >= 0.6 is 11.3 Å². The van der Waals surface area contributed by atoms with Gasteiger partial charge < -0.3 is 42.1 Å². The summed E-state index contributed by atoms with van der Waals surface area (Å²) in [7, 11) is 1.14. The normalized spacial score (nSPS) is 21.8. The van der Waals surface area contributed by atoms with Gasteiger partial charge in [-0.15, -0.1) is 15.6 Å². The number of hydrogen-bond donors (Lipinski definition) is 6. The van der Waals surface area contributed by atoms with Crippen molar-refractivity contribution in [1.29, 1.82) is 0 Å². The number of ether oxygens (including phenoxy) is 1. The number of oxime groups is 1. The molecule has 288 valence electrons. The molecule has 2 saturated heterocycles. The highest BCUT2D eigenvalue weighted by Gasteiger charge is 2.58. The first-order valence-corrected chi connectivity index (χ1v) is 18.8. The Kier molecular flexibility index (Phi) is 12.8. The van der Waals surface area contributed by atoms with E-state index in [0.717, 1.165) is 66.3 Å². The number of aliphatic imine (C=N–C) groups is 1. The highest BCUT2D eigenvalue weighted by molar-refractivity contribution is 7.75. The highest BCUT2D eigenvalue weighted by atomic mass is 32.2. The number of nitrogens with one attached hydrogen (secondary N) is 3. The van der Waals surface area contributed by atoms with Gasteiger partial charge in [-0.3, -0.25) is 18.8 Å². The minimum atomic E-state index is -2.23. The van der Waals surface area contributed by atoms with Crippen molar-refractivity contribution in [2.24, 2.45) is 21.8 Å². The van der Waals surface area contributed by atoms with E-state index in [1.807, 2.05) is 24.5 Å². The number of carboxylic acids is 1. The van der Waals surface area contributed by atoms with Crippen molar-refractivity contribution in [2.75, 3.05) is 45.6 Å². The molecule has 0 radical (unpaired) electrons. The van der Waals surface area contributed by atoms with Crippen molar-refractivity contribution < 1.29 is 41.7 Å². The maximum atomic E-state index is 13.6. The van der Waals surface area contributed by atoms with E-state index in [1.54, 1.807) is 19.9 Å². The van der Waals surface area contributed by atoms with E-state index in [2.05, 4.69) is 35.3 Å². The Morgan fingerprint density at radius 1 is 1.34 bits per heavy atom. The van der Waals surface area contributed by atoms with Gasteiger partial charge >= 0.3 is 17.3 Å². The number of aromatic nitrogens is 1. The van der Waals surface area contributed by atoms with Gasteiger partial charge in [0.15, 0.2) is 16.9 Å². The van der Waals surface area contributed by atoms with Crippen LogP contribution in [0.2, 0.25) is 0 Å². The summed E-state index contributed by atoms with van der Waals surface area (Å²) in [6.45, 7) is 8.37. The number of allylic oxidation sites excluding steroid dienone is 1. The fourth-order valence-electron chi connectivity index (χ4n) is 5.71. The first kappa shape index (κ1) is 39.7. The Labute approximate surface area is 313 Å². The largest absolute Gasteiger partial charge is 0.485 e. The summed E-state index contributed by atoms with van der Waals surface area (Å²) in [5.41, 5.74) is 10.5. The second-order valence-corrected chi connectivity index (χ2v) is 15.1. The van der Waals surface area contributed by atoms with E-state index in [9.17, 15) is 23.7 Å². The molecule has 3 aliphatic heterocycles. The number of β-lactam (4-membered cyclic amide) rings is 1. The van der Waals surface area contributed by atoms with Gasteiger partial charge in [0.1, 0.15) is 17.5 Å². The van der Waals surface area contributed by atoms with Crippen molar-refractivity contribution in [2.45, 2.75) is 63.3 Å². The monoisotopic (exact) mass is 775 g/mol. The molecular formula is C33H45N9O9S2. The standard InChI is InChI=1S/C33H45N9O9S2/c1-32(2)27(29(44)42(32)51-53(47)48-4)40-28(43)26(23-18-52-31(35)39-23)41-50-33(3,30(45)46)25-9-7-21-12-20(6-8-24(21)49-25)22(16-36-11-5-10-34)17-38-15-19-13-37-14-19/h6,8,12,16-19,25,27,36-37H,5,7,9-11,13-15,34H2,1-4H3,(H2,35,39)(H,40,43)(H,45,46)/b22-16+,38-17+,41-26-/t25?,27-,33?,53?/m1/s1. The number of benzene rings is 1. The quantitative estimate of drug-likeness (QED) is 0.0523. The fraction of sp³-hybridized carbons (Fsp3) is 0.515. The number of hydrogen-bond acceptors (Lipinski definition) is 16. The van der Waals surface area contributed by atoms with Crippen LogP contribution < -0.4 is 32.2 Å². The van der Waals surface area contributed by atoms with Gasteiger partial charge in [-0.25, -0.2) is 9.78 Å². The van der Waals surface area contributed by atoms with E-state index < -0.39 is 58.1 Å². The van der Waals surface area contributed by atoms with Crippen LogP contribution in [0, 0.1) is 5.92 Å². The molecule has 0 saturated carbocycles. The minimum absolute atomic E-state index is 0.00684. The number of nitrogens with zero attached hydrogens (tertiary/aromatic N) is 4. The summed E-state index contributed by atoms with van der Waals surface area (Å²) in [5.74, 6) is -1.99. The summed E-state index contributed by atoms with van der Waals surface area (Å²) in [4.78, 5) is 53.7. The summed E-state index contributed by atoms with van der Waals surface area (Å²) >= 11 is -1.21. The molecule has 4 heterocycles. The lowest BCUT2D eigenvalue weighted by atomic mass is 9.84. The van der Waals surface area contributed by atoms with E-state index >= 15 is 0 Å². The smallest absolute Gasteiger partial charge is 0.354 e. The van der Waals surface area contributed by atoms with E-state index in [4.69, 9.17) is 25.3 Å². The van der Waals surface area contributed by atoms with Crippen molar-refractivity contribution in [1.82, 2.24) is 26.0 Å².